The summed E-state index contributed by atoms with van der Waals surface area (Å²) in [5.41, 5.74) is 9.59. The first-order valence-electron chi connectivity index (χ1n) is 16.6. The van der Waals surface area contributed by atoms with Crippen LogP contribution in [0.2, 0.25) is 0 Å². The highest BCUT2D eigenvalue weighted by Gasteiger charge is 2.17. The molecule has 6 heteroatoms. The van der Waals surface area contributed by atoms with E-state index in [4.69, 9.17) is 15.0 Å². The first-order chi connectivity index (χ1) is 24.8. The molecular formula is C44H28N6. The van der Waals surface area contributed by atoms with Gasteiger partial charge in [0, 0.05) is 62.0 Å². The van der Waals surface area contributed by atoms with Crippen molar-refractivity contribution in [3.05, 3.63) is 170 Å². The maximum absolute atomic E-state index is 4.92. The van der Waals surface area contributed by atoms with Crippen LogP contribution in [0.5, 0.6) is 0 Å². The van der Waals surface area contributed by atoms with Crippen LogP contribution in [0.4, 0.5) is 0 Å². The maximum Gasteiger partial charge on any atom is 0.165 e. The first-order valence-corrected chi connectivity index (χ1v) is 16.6. The Morgan fingerprint density at radius 3 is 1.40 bits per heavy atom. The fourth-order valence-electron chi connectivity index (χ4n) is 7.18. The largest absolute Gasteiger partial charge is 0.309 e. The molecule has 0 radical (unpaired) electrons. The van der Waals surface area contributed by atoms with Gasteiger partial charge in [-0.1, -0.05) is 84.9 Å². The molecule has 0 aliphatic carbocycles. The lowest BCUT2D eigenvalue weighted by atomic mass is 10.1. The van der Waals surface area contributed by atoms with Gasteiger partial charge in [-0.05, 0) is 72.8 Å². The Kier molecular flexibility index (Phi) is 6.39. The molecule has 0 fully saturated rings. The molecule has 50 heavy (non-hydrogen) atoms. The van der Waals surface area contributed by atoms with Gasteiger partial charge in [-0.2, -0.15) is 0 Å². The second-order valence-electron chi connectivity index (χ2n) is 12.4. The van der Waals surface area contributed by atoms with Crippen LogP contribution >= 0.6 is 0 Å². The summed E-state index contributed by atoms with van der Waals surface area (Å²) < 4.78 is 4.72. The SMILES string of the molecule is c1ccc(-c2nc(-c3ccc(-n4c5ccccc5c5cc(-n6c7ccccc7c7ccccc76)ccc54)cc3)nc(-c3cccnc3)n2)cc1. The van der Waals surface area contributed by atoms with Gasteiger partial charge >= 0.3 is 0 Å². The molecule has 0 atom stereocenters. The molecule has 10 rings (SSSR count). The zero-order chi connectivity index (χ0) is 33.0. The normalized spacial score (nSPS) is 11.6. The van der Waals surface area contributed by atoms with Crippen molar-refractivity contribution < 1.29 is 0 Å². The van der Waals surface area contributed by atoms with E-state index in [9.17, 15) is 0 Å². The molecule has 0 N–H and O–H groups in total. The van der Waals surface area contributed by atoms with Crippen molar-refractivity contribution in [3.63, 3.8) is 0 Å². The van der Waals surface area contributed by atoms with Crippen molar-refractivity contribution in [2.75, 3.05) is 0 Å². The van der Waals surface area contributed by atoms with E-state index in [0.29, 0.717) is 17.5 Å². The van der Waals surface area contributed by atoms with Gasteiger partial charge in [0.05, 0.1) is 22.1 Å². The lowest BCUT2D eigenvalue weighted by Crippen LogP contribution is -2.00. The quantitative estimate of drug-likeness (QED) is 0.188. The lowest BCUT2D eigenvalue weighted by Gasteiger charge is -2.11. The number of hydrogen-bond acceptors (Lipinski definition) is 4. The monoisotopic (exact) mass is 640 g/mol. The van der Waals surface area contributed by atoms with Crippen molar-refractivity contribution >= 4 is 43.6 Å². The Morgan fingerprint density at radius 2 is 0.800 bits per heavy atom. The molecule has 4 heterocycles. The van der Waals surface area contributed by atoms with Crippen LogP contribution in [0.15, 0.2) is 170 Å². The number of fused-ring (bicyclic) bond motifs is 6. The van der Waals surface area contributed by atoms with Gasteiger partial charge in [0.1, 0.15) is 0 Å². The second kappa shape index (κ2) is 11.4. The average Bonchev–Trinajstić information content (AvgIpc) is 3.71. The van der Waals surface area contributed by atoms with E-state index in [1.54, 1.807) is 12.4 Å². The van der Waals surface area contributed by atoms with Gasteiger partial charge < -0.3 is 9.13 Å². The van der Waals surface area contributed by atoms with Crippen LogP contribution in [0.3, 0.4) is 0 Å². The summed E-state index contributed by atoms with van der Waals surface area (Å²) in [6, 6.07) is 55.1. The lowest BCUT2D eigenvalue weighted by molar-refractivity contribution is 1.07. The third kappa shape index (κ3) is 4.50. The smallest absolute Gasteiger partial charge is 0.165 e. The number of aromatic nitrogens is 6. The fraction of sp³-hybridized carbons (Fsp3) is 0. The molecule has 6 nitrogen and oxygen atoms in total. The minimum absolute atomic E-state index is 0.590. The second-order valence-corrected chi connectivity index (χ2v) is 12.4. The van der Waals surface area contributed by atoms with E-state index in [-0.39, 0.29) is 0 Å². The number of pyridine rings is 1. The third-order valence-corrected chi connectivity index (χ3v) is 9.47. The summed E-state index contributed by atoms with van der Waals surface area (Å²) in [7, 11) is 0. The highest BCUT2D eigenvalue weighted by atomic mass is 15.0. The van der Waals surface area contributed by atoms with Crippen LogP contribution in [0, 0.1) is 0 Å². The summed E-state index contributed by atoms with van der Waals surface area (Å²) in [4.78, 5) is 18.9. The van der Waals surface area contributed by atoms with E-state index >= 15 is 0 Å². The third-order valence-electron chi connectivity index (χ3n) is 9.47. The Balaban J connectivity index is 1.11. The highest BCUT2D eigenvalue weighted by molar-refractivity contribution is 6.12. The van der Waals surface area contributed by atoms with Crippen molar-refractivity contribution in [1.29, 1.82) is 0 Å². The standard InChI is InChI=1S/C44H28N6/c1-2-11-29(12-3-1)42-46-43(48-44(47-42)31-13-10-26-45-28-31)30-20-22-32(23-21-30)49-40-19-9-6-16-36(40)37-27-33(24-25-41(37)49)50-38-17-7-4-14-34(38)35-15-5-8-18-39(35)50/h1-28H. The molecule has 234 valence electrons. The molecule has 10 aromatic rings. The van der Waals surface area contributed by atoms with Crippen LogP contribution in [-0.4, -0.2) is 29.1 Å². The molecule has 0 aliphatic rings. The van der Waals surface area contributed by atoms with Gasteiger partial charge in [0.25, 0.3) is 0 Å². The topological polar surface area (TPSA) is 61.4 Å². The average molecular weight is 641 g/mol. The summed E-state index contributed by atoms with van der Waals surface area (Å²) >= 11 is 0. The fourth-order valence-corrected chi connectivity index (χ4v) is 7.18. The van der Waals surface area contributed by atoms with Crippen molar-refractivity contribution in [2.45, 2.75) is 0 Å². The Morgan fingerprint density at radius 1 is 0.340 bits per heavy atom. The zero-order valence-corrected chi connectivity index (χ0v) is 26.8. The van der Waals surface area contributed by atoms with E-state index in [0.717, 1.165) is 39.1 Å². The van der Waals surface area contributed by atoms with Crippen LogP contribution < -0.4 is 0 Å². The molecule has 4 aromatic heterocycles. The molecule has 0 bridgehead atoms. The van der Waals surface area contributed by atoms with Gasteiger partial charge in [0.15, 0.2) is 17.5 Å². The number of rotatable bonds is 5. The van der Waals surface area contributed by atoms with Crippen molar-refractivity contribution in [3.8, 4) is 45.5 Å². The molecule has 0 saturated heterocycles. The van der Waals surface area contributed by atoms with Crippen molar-refractivity contribution in [2.24, 2.45) is 0 Å². The molecule has 0 amide bonds. The summed E-state index contributed by atoms with van der Waals surface area (Å²) in [5.74, 6) is 1.83. The van der Waals surface area contributed by atoms with Gasteiger partial charge in [0.2, 0.25) is 0 Å². The van der Waals surface area contributed by atoms with Crippen LogP contribution in [-0.2, 0) is 0 Å². The first kappa shape index (κ1) is 28.1. The minimum atomic E-state index is 0.590. The predicted octanol–water partition coefficient (Wildman–Crippen LogP) is 10.5. The van der Waals surface area contributed by atoms with Crippen molar-refractivity contribution in [1.82, 2.24) is 29.1 Å². The maximum atomic E-state index is 4.92. The van der Waals surface area contributed by atoms with Gasteiger partial charge in [-0.25, -0.2) is 15.0 Å². The molecule has 0 spiro atoms. The Labute approximate surface area is 287 Å². The summed E-state index contributed by atoms with van der Waals surface area (Å²) in [6.45, 7) is 0. The highest BCUT2D eigenvalue weighted by Crippen LogP contribution is 2.37. The summed E-state index contributed by atoms with van der Waals surface area (Å²) in [5, 5.41) is 4.93. The van der Waals surface area contributed by atoms with E-state index in [1.807, 2.05) is 42.5 Å². The molecule has 6 aromatic carbocycles. The van der Waals surface area contributed by atoms with E-state index in [1.165, 1.54) is 32.6 Å². The Hall–Kier alpha value is -6.92. The molecule has 0 unspecified atom stereocenters. The minimum Gasteiger partial charge on any atom is -0.309 e. The predicted molar refractivity (Wildman–Crippen MR) is 203 cm³/mol. The van der Waals surface area contributed by atoms with Crippen LogP contribution in [0.1, 0.15) is 0 Å². The van der Waals surface area contributed by atoms with Crippen LogP contribution in [0.25, 0.3) is 89.2 Å². The summed E-state index contributed by atoms with van der Waals surface area (Å²) in [6.07, 6.45) is 3.54. The van der Waals surface area contributed by atoms with Gasteiger partial charge in [-0.3, -0.25) is 4.98 Å². The van der Waals surface area contributed by atoms with E-state index in [2.05, 4.69) is 129 Å². The van der Waals surface area contributed by atoms with E-state index < -0.39 is 0 Å². The number of nitrogens with zero attached hydrogens (tertiary/aromatic N) is 6. The Bertz CT molecular complexity index is 2740. The molecular weight excluding hydrogens is 613 g/mol. The molecule has 0 saturated carbocycles. The zero-order valence-electron chi connectivity index (χ0n) is 26.8. The number of benzene rings is 6. The molecule has 0 aliphatic heterocycles. The number of hydrogen-bond donors (Lipinski definition) is 0. The van der Waals surface area contributed by atoms with Gasteiger partial charge in [-0.15, -0.1) is 0 Å². The number of para-hydroxylation sites is 3.